The molecule has 98 valence electrons. The Hall–Kier alpha value is -1.32. The molecule has 2 atom stereocenters. The van der Waals surface area contributed by atoms with Crippen LogP contribution in [0, 0.1) is 0 Å². The molecule has 3 nitrogen and oxygen atoms in total. The van der Waals surface area contributed by atoms with Crippen molar-refractivity contribution in [2.24, 2.45) is 0 Å². The number of rotatable bonds is 6. The SMILES string of the molecule is C/C=C/c1ccc(OC)cc1[C@@H](C)OC[C@H]1CO1. The van der Waals surface area contributed by atoms with Crippen LogP contribution in [0.25, 0.3) is 6.08 Å². The van der Waals surface area contributed by atoms with Crippen molar-refractivity contribution >= 4 is 6.08 Å². The predicted molar refractivity (Wildman–Crippen MR) is 71.8 cm³/mol. The fourth-order valence-electron chi connectivity index (χ4n) is 1.87. The van der Waals surface area contributed by atoms with E-state index < -0.39 is 0 Å². The van der Waals surface area contributed by atoms with Crippen molar-refractivity contribution in [2.75, 3.05) is 20.3 Å². The van der Waals surface area contributed by atoms with E-state index in [0.717, 1.165) is 17.9 Å². The normalized spacial score (nSPS) is 20.1. The molecule has 0 radical (unpaired) electrons. The Morgan fingerprint density at radius 2 is 2.28 bits per heavy atom. The summed E-state index contributed by atoms with van der Waals surface area (Å²) in [6, 6.07) is 6.06. The number of allylic oxidation sites excluding steroid dienone is 1. The van der Waals surface area contributed by atoms with Crippen molar-refractivity contribution in [3.05, 3.63) is 35.4 Å². The molecule has 1 heterocycles. The smallest absolute Gasteiger partial charge is 0.119 e. The Bertz CT molecular complexity index is 422. The Labute approximate surface area is 108 Å². The number of hydrogen-bond donors (Lipinski definition) is 0. The molecule has 1 fully saturated rings. The van der Waals surface area contributed by atoms with Gasteiger partial charge in [0.25, 0.3) is 0 Å². The average Bonchev–Trinajstić information content (AvgIpc) is 3.21. The second kappa shape index (κ2) is 6.03. The van der Waals surface area contributed by atoms with Crippen LogP contribution < -0.4 is 4.74 Å². The van der Waals surface area contributed by atoms with Crippen LogP contribution in [-0.2, 0) is 9.47 Å². The molecular weight excluding hydrogens is 228 g/mol. The topological polar surface area (TPSA) is 31.0 Å². The predicted octanol–water partition coefficient (Wildman–Crippen LogP) is 3.20. The summed E-state index contributed by atoms with van der Waals surface area (Å²) < 4.78 is 16.2. The first-order valence-corrected chi connectivity index (χ1v) is 6.28. The number of hydrogen-bond acceptors (Lipinski definition) is 3. The Balaban J connectivity index is 2.14. The van der Waals surface area contributed by atoms with Crippen molar-refractivity contribution in [1.82, 2.24) is 0 Å². The molecule has 1 aromatic rings. The van der Waals surface area contributed by atoms with Crippen LogP contribution in [-0.4, -0.2) is 26.4 Å². The molecule has 1 saturated heterocycles. The third kappa shape index (κ3) is 3.34. The maximum Gasteiger partial charge on any atom is 0.119 e. The van der Waals surface area contributed by atoms with E-state index in [0.29, 0.717) is 12.7 Å². The minimum atomic E-state index is 0.0375. The van der Waals surface area contributed by atoms with E-state index in [1.54, 1.807) is 7.11 Å². The lowest BCUT2D eigenvalue weighted by atomic mass is 10.0. The van der Waals surface area contributed by atoms with Gasteiger partial charge in [-0.05, 0) is 37.1 Å². The summed E-state index contributed by atoms with van der Waals surface area (Å²) in [7, 11) is 1.68. The van der Waals surface area contributed by atoms with Crippen LogP contribution in [0.4, 0.5) is 0 Å². The van der Waals surface area contributed by atoms with Gasteiger partial charge in [0.15, 0.2) is 0 Å². The number of ether oxygens (including phenoxy) is 3. The van der Waals surface area contributed by atoms with Gasteiger partial charge in [0, 0.05) is 0 Å². The zero-order valence-electron chi connectivity index (χ0n) is 11.2. The summed E-state index contributed by atoms with van der Waals surface area (Å²) in [6.07, 6.45) is 4.45. The van der Waals surface area contributed by atoms with E-state index >= 15 is 0 Å². The van der Waals surface area contributed by atoms with Gasteiger partial charge >= 0.3 is 0 Å². The highest BCUT2D eigenvalue weighted by atomic mass is 16.6. The average molecular weight is 248 g/mol. The van der Waals surface area contributed by atoms with Gasteiger partial charge in [0.05, 0.1) is 26.4 Å². The van der Waals surface area contributed by atoms with Crippen LogP contribution in [0.15, 0.2) is 24.3 Å². The van der Waals surface area contributed by atoms with Crippen molar-refractivity contribution in [3.63, 3.8) is 0 Å². The fourth-order valence-corrected chi connectivity index (χ4v) is 1.87. The summed E-state index contributed by atoms with van der Waals surface area (Å²) in [6.45, 7) is 5.56. The third-order valence-electron chi connectivity index (χ3n) is 3.01. The maximum atomic E-state index is 5.82. The molecule has 0 spiro atoms. The van der Waals surface area contributed by atoms with Crippen LogP contribution in [0.2, 0.25) is 0 Å². The van der Waals surface area contributed by atoms with Crippen LogP contribution in [0.1, 0.15) is 31.1 Å². The van der Waals surface area contributed by atoms with Gasteiger partial charge in [-0.2, -0.15) is 0 Å². The molecule has 2 rings (SSSR count). The van der Waals surface area contributed by atoms with Gasteiger partial charge in [-0.25, -0.2) is 0 Å². The quantitative estimate of drug-likeness (QED) is 0.724. The minimum Gasteiger partial charge on any atom is -0.497 e. The van der Waals surface area contributed by atoms with Gasteiger partial charge in [-0.3, -0.25) is 0 Å². The first kappa shape index (κ1) is 13.1. The number of methoxy groups -OCH3 is 1. The van der Waals surface area contributed by atoms with Gasteiger partial charge in [-0.1, -0.05) is 18.2 Å². The summed E-state index contributed by atoms with van der Waals surface area (Å²) in [5, 5.41) is 0. The molecule has 1 aliphatic rings. The zero-order valence-corrected chi connectivity index (χ0v) is 11.2. The van der Waals surface area contributed by atoms with Crippen molar-refractivity contribution < 1.29 is 14.2 Å². The second-order valence-electron chi connectivity index (χ2n) is 4.43. The second-order valence-corrected chi connectivity index (χ2v) is 4.43. The monoisotopic (exact) mass is 248 g/mol. The van der Waals surface area contributed by atoms with E-state index in [1.165, 1.54) is 5.56 Å². The summed E-state index contributed by atoms with van der Waals surface area (Å²) in [5.74, 6) is 0.858. The maximum absolute atomic E-state index is 5.82. The van der Waals surface area contributed by atoms with E-state index in [4.69, 9.17) is 14.2 Å². The zero-order chi connectivity index (χ0) is 13.0. The Morgan fingerprint density at radius 3 is 2.89 bits per heavy atom. The standard InChI is InChI=1S/C15H20O3/c1-4-5-12-6-7-13(16-3)8-15(12)11(2)17-9-14-10-18-14/h4-8,11,14H,9-10H2,1-3H3/b5-4+/t11-,14+/m1/s1. The van der Waals surface area contributed by atoms with E-state index in [1.807, 2.05) is 25.1 Å². The largest absolute Gasteiger partial charge is 0.497 e. The lowest BCUT2D eigenvalue weighted by Crippen LogP contribution is -2.07. The Morgan fingerprint density at radius 1 is 1.50 bits per heavy atom. The number of benzene rings is 1. The van der Waals surface area contributed by atoms with Gasteiger partial charge < -0.3 is 14.2 Å². The molecule has 0 amide bonds. The van der Waals surface area contributed by atoms with Gasteiger partial charge in [0.1, 0.15) is 11.9 Å². The minimum absolute atomic E-state index is 0.0375. The Kier molecular flexibility index (Phi) is 4.39. The molecular formula is C15H20O3. The molecule has 18 heavy (non-hydrogen) atoms. The molecule has 0 N–H and O–H groups in total. The lowest BCUT2D eigenvalue weighted by molar-refractivity contribution is 0.0537. The van der Waals surface area contributed by atoms with E-state index in [-0.39, 0.29) is 6.10 Å². The molecule has 0 aliphatic carbocycles. The molecule has 1 aromatic carbocycles. The first-order valence-electron chi connectivity index (χ1n) is 6.28. The van der Waals surface area contributed by atoms with Crippen LogP contribution >= 0.6 is 0 Å². The van der Waals surface area contributed by atoms with E-state index in [9.17, 15) is 0 Å². The summed E-state index contributed by atoms with van der Waals surface area (Å²) >= 11 is 0. The van der Waals surface area contributed by atoms with Crippen LogP contribution in [0.5, 0.6) is 5.75 Å². The molecule has 1 aliphatic heterocycles. The van der Waals surface area contributed by atoms with Crippen molar-refractivity contribution in [2.45, 2.75) is 26.1 Å². The highest BCUT2D eigenvalue weighted by Gasteiger charge is 2.24. The highest BCUT2D eigenvalue weighted by molar-refractivity contribution is 5.56. The summed E-state index contributed by atoms with van der Waals surface area (Å²) in [5.41, 5.74) is 2.32. The molecule has 0 bridgehead atoms. The lowest BCUT2D eigenvalue weighted by Gasteiger charge is -2.16. The molecule has 0 aromatic heterocycles. The number of epoxide rings is 1. The molecule has 3 heteroatoms. The third-order valence-corrected chi connectivity index (χ3v) is 3.01. The molecule has 0 unspecified atom stereocenters. The van der Waals surface area contributed by atoms with Crippen molar-refractivity contribution in [1.29, 1.82) is 0 Å². The van der Waals surface area contributed by atoms with Gasteiger partial charge in [0.2, 0.25) is 0 Å². The van der Waals surface area contributed by atoms with Crippen LogP contribution in [0.3, 0.4) is 0 Å². The summed E-state index contributed by atoms with van der Waals surface area (Å²) in [4.78, 5) is 0. The first-order chi connectivity index (χ1) is 8.74. The van der Waals surface area contributed by atoms with E-state index in [2.05, 4.69) is 19.1 Å². The van der Waals surface area contributed by atoms with Gasteiger partial charge in [-0.15, -0.1) is 0 Å². The van der Waals surface area contributed by atoms with Crippen molar-refractivity contribution in [3.8, 4) is 5.75 Å². The molecule has 0 saturated carbocycles. The highest BCUT2D eigenvalue weighted by Crippen LogP contribution is 2.27. The fraction of sp³-hybridized carbons (Fsp3) is 0.467.